The van der Waals surface area contributed by atoms with E-state index in [1.807, 2.05) is 38.1 Å². The van der Waals surface area contributed by atoms with Crippen LogP contribution in [0, 0.1) is 13.8 Å². The van der Waals surface area contributed by atoms with E-state index >= 15 is 0 Å². The van der Waals surface area contributed by atoms with Crippen molar-refractivity contribution < 1.29 is 4.79 Å². The molecular formula is C13H13NOS. The molecule has 0 radical (unpaired) electrons. The Morgan fingerprint density at radius 1 is 1.19 bits per heavy atom. The van der Waals surface area contributed by atoms with Gasteiger partial charge in [-0.05, 0) is 37.6 Å². The first kappa shape index (κ1) is 10.9. The number of carbonyl (C=O) groups is 1. The van der Waals surface area contributed by atoms with E-state index in [0.29, 0.717) is 11.3 Å². The molecule has 2 N–H and O–H groups in total. The van der Waals surface area contributed by atoms with Crippen molar-refractivity contribution in [2.45, 2.75) is 13.8 Å². The summed E-state index contributed by atoms with van der Waals surface area (Å²) in [6, 6.07) is 9.26. The number of thiophene rings is 1. The monoisotopic (exact) mass is 231 g/mol. The average Bonchev–Trinajstić information content (AvgIpc) is 2.68. The summed E-state index contributed by atoms with van der Waals surface area (Å²) in [4.78, 5) is 14.0. The van der Waals surface area contributed by atoms with Crippen molar-refractivity contribution in [1.29, 1.82) is 0 Å². The highest BCUT2D eigenvalue weighted by Crippen LogP contribution is 2.21. The van der Waals surface area contributed by atoms with Gasteiger partial charge in [-0.2, -0.15) is 0 Å². The molecular weight excluding hydrogens is 218 g/mol. The standard InChI is InChI=1S/C13H13NOS/c1-8-3-5-10(7-11(8)14)13(15)12-6-4-9(2)16-12/h3-7H,14H2,1-2H3. The number of ketones is 1. The van der Waals surface area contributed by atoms with Crippen molar-refractivity contribution in [3.63, 3.8) is 0 Å². The maximum absolute atomic E-state index is 12.1. The Labute approximate surface area is 98.7 Å². The van der Waals surface area contributed by atoms with Crippen LogP contribution in [0.25, 0.3) is 0 Å². The number of aryl methyl sites for hydroxylation is 2. The van der Waals surface area contributed by atoms with Gasteiger partial charge >= 0.3 is 0 Å². The fourth-order valence-electron chi connectivity index (χ4n) is 1.48. The van der Waals surface area contributed by atoms with Crippen LogP contribution in [-0.4, -0.2) is 5.78 Å². The molecule has 1 aromatic carbocycles. The number of anilines is 1. The molecule has 0 amide bonds. The van der Waals surface area contributed by atoms with Gasteiger partial charge in [-0.3, -0.25) is 4.79 Å². The third-order valence-corrected chi connectivity index (χ3v) is 3.51. The third kappa shape index (κ3) is 1.99. The molecule has 2 rings (SSSR count). The Morgan fingerprint density at radius 3 is 2.50 bits per heavy atom. The van der Waals surface area contributed by atoms with Gasteiger partial charge in [0, 0.05) is 16.1 Å². The van der Waals surface area contributed by atoms with E-state index in [2.05, 4.69) is 0 Å². The lowest BCUT2D eigenvalue weighted by Crippen LogP contribution is -2.00. The lowest BCUT2D eigenvalue weighted by Gasteiger charge is -2.02. The molecule has 2 aromatic rings. The number of carbonyl (C=O) groups excluding carboxylic acids is 1. The largest absolute Gasteiger partial charge is 0.398 e. The molecule has 0 unspecified atom stereocenters. The summed E-state index contributed by atoms with van der Waals surface area (Å²) in [6.07, 6.45) is 0. The molecule has 1 heterocycles. The van der Waals surface area contributed by atoms with Crippen molar-refractivity contribution >= 4 is 22.8 Å². The number of rotatable bonds is 2. The molecule has 0 saturated carbocycles. The van der Waals surface area contributed by atoms with Crippen LogP contribution in [0.2, 0.25) is 0 Å². The maximum Gasteiger partial charge on any atom is 0.203 e. The van der Waals surface area contributed by atoms with Gasteiger partial charge in [0.05, 0.1) is 4.88 Å². The summed E-state index contributed by atoms with van der Waals surface area (Å²) in [5, 5.41) is 0. The minimum Gasteiger partial charge on any atom is -0.398 e. The average molecular weight is 231 g/mol. The maximum atomic E-state index is 12.1. The first-order chi connectivity index (χ1) is 7.58. The van der Waals surface area contributed by atoms with E-state index in [1.54, 1.807) is 6.07 Å². The number of hydrogen-bond donors (Lipinski definition) is 1. The molecule has 0 atom stereocenters. The fourth-order valence-corrected chi connectivity index (χ4v) is 2.31. The van der Waals surface area contributed by atoms with Crippen LogP contribution in [0.15, 0.2) is 30.3 Å². The predicted octanol–water partition coefficient (Wildman–Crippen LogP) is 3.18. The van der Waals surface area contributed by atoms with Crippen LogP contribution in [0.5, 0.6) is 0 Å². The van der Waals surface area contributed by atoms with Gasteiger partial charge < -0.3 is 5.73 Å². The van der Waals surface area contributed by atoms with Gasteiger partial charge in [-0.15, -0.1) is 11.3 Å². The van der Waals surface area contributed by atoms with Gasteiger partial charge in [-0.25, -0.2) is 0 Å². The van der Waals surface area contributed by atoms with E-state index in [-0.39, 0.29) is 5.78 Å². The molecule has 3 heteroatoms. The van der Waals surface area contributed by atoms with Crippen molar-refractivity contribution in [2.75, 3.05) is 5.73 Å². The summed E-state index contributed by atoms with van der Waals surface area (Å²) >= 11 is 1.51. The fraction of sp³-hybridized carbons (Fsp3) is 0.154. The van der Waals surface area contributed by atoms with Gasteiger partial charge in [0.1, 0.15) is 0 Å². The quantitative estimate of drug-likeness (QED) is 0.637. The highest BCUT2D eigenvalue weighted by molar-refractivity contribution is 7.14. The van der Waals surface area contributed by atoms with Gasteiger partial charge in [0.2, 0.25) is 5.78 Å². The third-order valence-electron chi connectivity index (χ3n) is 2.51. The van der Waals surface area contributed by atoms with E-state index in [9.17, 15) is 4.79 Å². The second-order valence-corrected chi connectivity index (χ2v) is 5.10. The zero-order valence-electron chi connectivity index (χ0n) is 9.28. The van der Waals surface area contributed by atoms with E-state index in [4.69, 9.17) is 5.73 Å². The van der Waals surface area contributed by atoms with Crippen molar-refractivity contribution in [2.24, 2.45) is 0 Å². The minimum absolute atomic E-state index is 0.0461. The zero-order chi connectivity index (χ0) is 11.7. The van der Waals surface area contributed by atoms with E-state index < -0.39 is 0 Å². The lowest BCUT2D eigenvalue weighted by molar-refractivity contribution is 0.104. The van der Waals surface area contributed by atoms with Crippen LogP contribution in [0.4, 0.5) is 5.69 Å². The Balaban J connectivity index is 2.38. The molecule has 16 heavy (non-hydrogen) atoms. The summed E-state index contributed by atoms with van der Waals surface area (Å²) in [5.41, 5.74) is 8.12. The Kier molecular flexibility index (Phi) is 2.79. The molecule has 0 aliphatic carbocycles. The van der Waals surface area contributed by atoms with Crippen LogP contribution in [0.3, 0.4) is 0 Å². The number of nitrogen functional groups attached to an aromatic ring is 1. The zero-order valence-corrected chi connectivity index (χ0v) is 10.1. The van der Waals surface area contributed by atoms with Gasteiger partial charge in [0.15, 0.2) is 0 Å². The summed E-state index contributed by atoms with van der Waals surface area (Å²) in [5.74, 6) is 0.0461. The Morgan fingerprint density at radius 2 is 1.94 bits per heavy atom. The molecule has 0 bridgehead atoms. The molecule has 0 spiro atoms. The highest BCUT2D eigenvalue weighted by Gasteiger charge is 2.11. The van der Waals surface area contributed by atoms with Crippen LogP contribution in [0.1, 0.15) is 25.7 Å². The summed E-state index contributed by atoms with van der Waals surface area (Å²) in [7, 11) is 0. The second-order valence-electron chi connectivity index (χ2n) is 3.81. The van der Waals surface area contributed by atoms with Crippen molar-refractivity contribution in [3.8, 4) is 0 Å². The number of hydrogen-bond acceptors (Lipinski definition) is 3. The molecule has 82 valence electrons. The van der Waals surface area contributed by atoms with Gasteiger partial charge in [-0.1, -0.05) is 12.1 Å². The van der Waals surface area contributed by atoms with Crippen LogP contribution < -0.4 is 5.73 Å². The van der Waals surface area contributed by atoms with E-state index in [1.165, 1.54) is 11.3 Å². The Hall–Kier alpha value is -1.61. The normalized spacial score (nSPS) is 10.4. The molecule has 0 aliphatic heterocycles. The molecule has 0 saturated heterocycles. The topological polar surface area (TPSA) is 43.1 Å². The molecule has 1 aromatic heterocycles. The second kappa shape index (κ2) is 4.10. The van der Waals surface area contributed by atoms with Gasteiger partial charge in [0.25, 0.3) is 0 Å². The highest BCUT2D eigenvalue weighted by atomic mass is 32.1. The number of benzene rings is 1. The van der Waals surface area contributed by atoms with E-state index in [0.717, 1.165) is 15.3 Å². The minimum atomic E-state index is 0.0461. The summed E-state index contributed by atoms with van der Waals surface area (Å²) in [6.45, 7) is 3.92. The summed E-state index contributed by atoms with van der Waals surface area (Å²) < 4.78 is 0. The first-order valence-electron chi connectivity index (χ1n) is 5.05. The Bertz CT molecular complexity index is 543. The van der Waals surface area contributed by atoms with Crippen molar-refractivity contribution in [1.82, 2.24) is 0 Å². The molecule has 2 nitrogen and oxygen atoms in total. The lowest BCUT2D eigenvalue weighted by atomic mass is 10.1. The predicted molar refractivity (Wildman–Crippen MR) is 68.1 cm³/mol. The molecule has 0 fully saturated rings. The first-order valence-corrected chi connectivity index (χ1v) is 5.87. The molecule has 0 aliphatic rings. The SMILES string of the molecule is Cc1ccc(C(=O)c2ccc(C)c(N)c2)s1. The van der Waals surface area contributed by atoms with Crippen molar-refractivity contribution in [3.05, 3.63) is 51.2 Å². The van der Waals surface area contributed by atoms with Crippen LogP contribution in [-0.2, 0) is 0 Å². The van der Waals surface area contributed by atoms with Crippen LogP contribution >= 0.6 is 11.3 Å². The smallest absolute Gasteiger partial charge is 0.203 e. The number of nitrogens with two attached hydrogens (primary N) is 1.